The van der Waals surface area contributed by atoms with Crippen molar-refractivity contribution in [1.29, 1.82) is 0 Å². The van der Waals surface area contributed by atoms with Gasteiger partial charge in [0.05, 0.1) is 10.1 Å². The number of likely N-dealkylation sites (N-methyl/N-ethyl adjacent to an activating group) is 1. The first-order valence-electron chi connectivity index (χ1n) is 9.35. The number of carbonyl (C=O) groups is 1. The Morgan fingerprint density at radius 1 is 1.20 bits per heavy atom. The normalized spacial score (nSPS) is 15.6. The van der Waals surface area contributed by atoms with Gasteiger partial charge in [-0.05, 0) is 44.4 Å². The lowest BCUT2D eigenvalue weighted by Crippen LogP contribution is -2.36. The number of carbonyl (C=O) groups excluding carboxylic acids is 1. The summed E-state index contributed by atoms with van der Waals surface area (Å²) < 4.78 is 16.3. The molecule has 1 amide bonds. The van der Waals surface area contributed by atoms with Crippen LogP contribution in [0.5, 0.6) is 5.75 Å². The van der Waals surface area contributed by atoms with Crippen LogP contribution < -0.4 is 20.1 Å². The number of anilines is 1. The van der Waals surface area contributed by atoms with Crippen molar-refractivity contribution in [2.45, 2.75) is 6.54 Å². The van der Waals surface area contributed by atoms with Gasteiger partial charge in [-0.1, -0.05) is 18.2 Å². The molecule has 2 heterocycles. The van der Waals surface area contributed by atoms with Crippen LogP contribution in [-0.4, -0.2) is 41.1 Å². The number of nitrogens with one attached hydrogen (secondary N) is 1. The minimum Gasteiger partial charge on any atom is -0.507 e. The number of hydrogen-bond donors (Lipinski definition) is 2. The minimum atomic E-state index is -0.456. The van der Waals surface area contributed by atoms with Crippen molar-refractivity contribution in [2.75, 3.05) is 26.0 Å². The summed E-state index contributed by atoms with van der Waals surface area (Å²) in [6.07, 6.45) is 1.61. The Hall–Kier alpha value is -3.23. The smallest absolute Gasteiger partial charge is 0.269 e. The molecule has 0 bridgehead atoms. The van der Waals surface area contributed by atoms with Gasteiger partial charge in [0.15, 0.2) is 0 Å². The van der Waals surface area contributed by atoms with E-state index in [4.69, 9.17) is 0 Å². The lowest BCUT2D eigenvalue weighted by molar-refractivity contribution is -0.110. The number of hydrogen-bond acceptors (Lipinski definition) is 5. The summed E-state index contributed by atoms with van der Waals surface area (Å²) in [6, 6.07) is 10.8. The minimum absolute atomic E-state index is 0.0605. The monoisotopic (exact) mass is 425 g/mol. The van der Waals surface area contributed by atoms with E-state index in [1.165, 1.54) is 18.2 Å². The van der Waals surface area contributed by atoms with Crippen LogP contribution in [0.25, 0.3) is 11.6 Å². The Bertz CT molecular complexity index is 1320. The van der Waals surface area contributed by atoms with E-state index in [1.807, 2.05) is 19.0 Å². The summed E-state index contributed by atoms with van der Waals surface area (Å²) in [6.45, 7) is 0.957. The van der Waals surface area contributed by atoms with E-state index in [-0.39, 0.29) is 22.8 Å². The van der Waals surface area contributed by atoms with Gasteiger partial charge in [0, 0.05) is 29.9 Å². The Kier molecular flexibility index (Phi) is 5.27. The van der Waals surface area contributed by atoms with Crippen LogP contribution in [-0.2, 0) is 11.3 Å². The third kappa shape index (κ3) is 3.67. The highest BCUT2D eigenvalue weighted by atomic mass is 32.1. The van der Waals surface area contributed by atoms with Crippen molar-refractivity contribution in [2.24, 2.45) is 0 Å². The summed E-state index contributed by atoms with van der Waals surface area (Å²) in [4.78, 5) is 27.8. The average molecular weight is 425 g/mol. The summed E-state index contributed by atoms with van der Waals surface area (Å²) in [5.41, 5.74) is 1.48. The average Bonchev–Trinajstić information content (AvgIpc) is 3.17. The van der Waals surface area contributed by atoms with E-state index < -0.39 is 5.82 Å². The number of nitrogens with zero attached hydrogens (tertiary/aromatic N) is 2. The third-order valence-electron chi connectivity index (χ3n) is 4.84. The fraction of sp³-hybridized carbons (Fsp3) is 0.182. The highest BCUT2D eigenvalue weighted by Crippen LogP contribution is 2.30. The Morgan fingerprint density at radius 2 is 1.97 bits per heavy atom. The first kappa shape index (κ1) is 20.1. The molecule has 0 atom stereocenters. The molecule has 0 aliphatic carbocycles. The molecule has 4 rings (SSSR count). The van der Waals surface area contributed by atoms with E-state index in [2.05, 4.69) is 5.32 Å². The van der Waals surface area contributed by atoms with Gasteiger partial charge in [0.1, 0.15) is 16.2 Å². The van der Waals surface area contributed by atoms with Crippen molar-refractivity contribution in [3.63, 3.8) is 0 Å². The zero-order valence-electron chi connectivity index (χ0n) is 16.5. The molecular weight excluding hydrogens is 405 g/mol. The number of phenols is 1. The molecule has 2 aromatic carbocycles. The SMILES string of the molecule is CN(C)CCn1c(=O)/c(=C/c2ccccc2O)s/c1=C1/C(=O)Nc2ccc(F)cc21. The van der Waals surface area contributed by atoms with Crippen LogP contribution in [0.3, 0.4) is 0 Å². The molecule has 2 N–H and O–H groups in total. The van der Waals surface area contributed by atoms with Gasteiger partial charge in [-0.15, -0.1) is 11.3 Å². The Labute approximate surface area is 175 Å². The first-order chi connectivity index (χ1) is 14.3. The quantitative estimate of drug-likeness (QED) is 0.661. The number of fused-ring (bicyclic) bond motifs is 1. The number of para-hydroxylation sites is 1. The second kappa shape index (κ2) is 7.89. The van der Waals surface area contributed by atoms with E-state index in [1.54, 1.807) is 34.9 Å². The molecule has 154 valence electrons. The predicted octanol–water partition coefficient (Wildman–Crippen LogP) is 1.30. The van der Waals surface area contributed by atoms with Gasteiger partial charge in [-0.3, -0.25) is 14.2 Å². The predicted molar refractivity (Wildman–Crippen MR) is 116 cm³/mol. The lowest BCUT2D eigenvalue weighted by Gasteiger charge is -2.10. The second-order valence-corrected chi connectivity index (χ2v) is 8.28. The molecule has 1 aliphatic heterocycles. The van der Waals surface area contributed by atoms with E-state index in [0.717, 1.165) is 11.3 Å². The maximum Gasteiger partial charge on any atom is 0.269 e. The maximum absolute atomic E-state index is 13.9. The van der Waals surface area contributed by atoms with Crippen LogP contribution in [0.4, 0.5) is 10.1 Å². The third-order valence-corrected chi connectivity index (χ3v) is 5.97. The van der Waals surface area contributed by atoms with Crippen molar-refractivity contribution in [1.82, 2.24) is 9.47 Å². The molecule has 0 unspecified atom stereocenters. The van der Waals surface area contributed by atoms with Crippen LogP contribution in [0, 0.1) is 5.82 Å². The summed E-state index contributed by atoms with van der Waals surface area (Å²) in [7, 11) is 3.79. The van der Waals surface area contributed by atoms with Gasteiger partial charge in [-0.2, -0.15) is 0 Å². The molecule has 6 nitrogen and oxygen atoms in total. The number of rotatable bonds is 4. The van der Waals surface area contributed by atoms with Crippen LogP contribution >= 0.6 is 11.3 Å². The molecule has 0 spiro atoms. The topological polar surface area (TPSA) is 74.6 Å². The van der Waals surface area contributed by atoms with Crippen molar-refractivity contribution < 1.29 is 14.3 Å². The number of phenolic OH excluding ortho intramolecular Hbond substituents is 1. The van der Waals surface area contributed by atoms with Crippen molar-refractivity contribution in [3.05, 3.63) is 79.0 Å². The number of thiazole rings is 1. The van der Waals surface area contributed by atoms with Gasteiger partial charge in [-0.25, -0.2) is 4.39 Å². The van der Waals surface area contributed by atoms with Crippen molar-refractivity contribution >= 4 is 34.6 Å². The maximum atomic E-state index is 13.9. The van der Waals surface area contributed by atoms with E-state index in [0.29, 0.717) is 39.1 Å². The van der Waals surface area contributed by atoms with E-state index >= 15 is 0 Å². The number of aromatic hydroxyl groups is 1. The highest BCUT2D eigenvalue weighted by molar-refractivity contribution is 7.07. The molecule has 3 aromatic rings. The van der Waals surface area contributed by atoms with Gasteiger partial charge < -0.3 is 15.3 Å². The van der Waals surface area contributed by atoms with Gasteiger partial charge >= 0.3 is 0 Å². The number of halogens is 1. The Morgan fingerprint density at radius 3 is 2.70 bits per heavy atom. The molecular formula is C22H20FN3O3S. The van der Waals surface area contributed by atoms with Crippen molar-refractivity contribution in [3.8, 4) is 5.75 Å². The molecule has 1 aromatic heterocycles. The molecule has 0 saturated heterocycles. The number of benzene rings is 2. The first-order valence-corrected chi connectivity index (χ1v) is 10.2. The fourth-order valence-corrected chi connectivity index (χ4v) is 4.49. The zero-order valence-corrected chi connectivity index (χ0v) is 17.3. The Balaban J connectivity index is 2.02. The van der Waals surface area contributed by atoms with Gasteiger partial charge in [0.25, 0.3) is 11.5 Å². The number of aromatic nitrogens is 1. The van der Waals surface area contributed by atoms with Crippen LogP contribution in [0.2, 0.25) is 0 Å². The summed E-state index contributed by atoms with van der Waals surface area (Å²) in [5.74, 6) is -0.766. The molecule has 8 heteroatoms. The lowest BCUT2D eigenvalue weighted by atomic mass is 10.1. The zero-order chi connectivity index (χ0) is 21.4. The molecule has 1 aliphatic rings. The summed E-state index contributed by atoms with van der Waals surface area (Å²) in [5, 5.41) is 12.8. The molecule has 0 radical (unpaired) electrons. The number of amides is 1. The standard InChI is InChI=1S/C22H20FN3O3S/c1-25(2)9-10-26-21(29)18(11-13-5-3-4-6-17(13)27)30-22(26)19-15-12-14(23)7-8-16(15)24-20(19)28/h3-8,11-12,27H,9-10H2,1-2H3,(H,24,28)/b18-11-,22-19+. The molecule has 0 fully saturated rings. The second-order valence-electron chi connectivity index (χ2n) is 7.25. The van der Waals surface area contributed by atoms with Crippen LogP contribution in [0.15, 0.2) is 47.3 Å². The fourth-order valence-electron chi connectivity index (χ4n) is 3.31. The van der Waals surface area contributed by atoms with Crippen LogP contribution in [0.1, 0.15) is 11.1 Å². The molecule has 0 saturated carbocycles. The molecule has 30 heavy (non-hydrogen) atoms. The van der Waals surface area contributed by atoms with E-state index in [9.17, 15) is 19.1 Å². The largest absolute Gasteiger partial charge is 0.507 e. The van der Waals surface area contributed by atoms with Gasteiger partial charge in [0.2, 0.25) is 0 Å². The highest BCUT2D eigenvalue weighted by Gasteiger charge is 2.27. The summed E-state index contributed by atoms with van der Waals surface area (Å²) >= 11 is 1.16.